The number of hydrogen-bond donors (Lipinski definition) is 1. The Balaban J connectivity index is 1.61. The molecule has 0 aromatic carbocycles. The molecule has 17 heavy (non-hydrogen) atoms. The van der Waals surface area contributed by atoms with Crippen molar-refractivity contribution in [1.29, 1.82) is 0 Å². The molecule has 2 fully saturated rings. The van der Waals surface area contributed by atoms with E-state index in [1.165, 1.54) is 43.6 Å². The van der Waals surface area contributed by atoms with E-state index in [4.69, 9.17) is 0 Å². The number of imidazole rings is 1. The highest BCUT2D eigenvalue weighted by molar-refractivity contribution is 7.99. The summed E-state index contributed by atoms with van der Waals surface area (Å²) in [5, 5.41) is 3.89. The molecule has 2 aliphatic rings. The van der Waals surface area contributed by atoms with E-state index in [1.807, 2.05) is 12.5 Å². The smallest absolute Gasteiger partial charge is 0.0949 e. The fourth-order valence-electron chi connectivity index (χ4n) is 3.12. The molecule has 1 aromatic rings. The molecule has 2 heterocycles. The van der Waals surface area contributed by atoms with Gasteiger partial charge in [-0.1, -0.05) is 0 Å². The zero-order valence-electron chi connectivity index (χ0n) is 10.2. The van der Waals surface area contributed by atoms with Gasteiger partial charge in [-0.2, -0.15) is 11.8 Å². The fourth-order valence-corrected chi connectivity index (χ4v) is 4.23. The third-order valence-corrected chi connectivity index (χ3v) is 5.11. The lowest BCUT2D eigenvalue weighted by atomic mass is 10.1. The topological polar surface area (TPSA) is 29.9 Å². The largest absolute Gasteiger partial charge is 0.333 e. The van der Waals surface area contributed by atoms with E-state index < -0.39 is 0 Å². The van der Waals surface area contributed by atoms with Crippen molar-refractivity contribution in [2.75, 3.05) is 11.5 Å². The summed E-state index contributed by atoms with van der Waals surface area (Å²) in [5.41, 5.74) is 0. The molecular formula is C13H21N3S. The molecule has 1 aliphatic carbocycles. The van der Waals surface area contributed by atoms with Crippen LogP contribution in [0.5, 0.6) is 0 Å². The summed E-state index contributed by atoms with van der Waals surface area (Å²) in [7, 11) is 0. The molecule has 2 atom stereocenters. The first kappa shape index (κ1) is 11.6. The van der Waals surface area contributed by atoms with Gasteiger partial charge in [0.15, 0.2) is 0 Å². The number of thioether (sulfide) groups is 1. The minimum absolute atomic E-state index is 0.632. The van der Waals surface area contributed by atoms with Crippen LogP contribution in [-0.2, 0) is 0 Å². The highest BCUT2D eigenvalue weighted by Gasteiger charge is 2.30. The van der Waals surface area contributed by atoms with Crippen molar-refractivity contribution in [1.82, 2.24) is 14.9 Å². The maximum atomic E-state index is 4.18. The second-order valence-corrected chi connectivity index (χ2v) is 6.39. The van der Waals surface area contributed by atoms with Crippen LogP contribution < -0.4 is 5.32 Å². The first-order valence-corrected chi connectivity index (χ1v) is 7.90. The zero-order chi connectivity index (χ0) is 11.5. The summed E-state index contributed by atoms with van der Waals surface area (Å²) < 4.78 is 2.29. The number of nitrogens with zero attached hydrogens (tertiary/aromatic N) is 2. The Kier molecular flexibility index (Phi) is 3.71. The molecule has 0 bridgehead atoms. The molecule has 1 aliphatic heterocycles. The second-order valence-electron chi connectivity index (χ2n) is 5.17. The molecule has 1 saturated heterocycles. The zero-order valence-corrected chi connectivity index (χ0v) is 11.0. The molecule has 1 N–H and O–H groups in total. The predicted molar refractivity (Wildman–Crippen MR) is 72.4 cm³/mol. The first-order chi connectivity index (χ1) is 8.43. The van der Waals surface area contributed by atoms with Gasteiger partial charge < -0.3 is 9.88 Å². The van der Waals surface area contributed by atoms with Crippen LogP contribution in [0.15, 0.2) is 18.7 Å². The SMILES string of the molecule is c1cn(C2CCCC2NC2CCSCC2)cn1. The van der Waals surface area contributed by atoms with Crippen molar-refractivity contribution in [3.63, 3.8) is 0 Å². The van der Waals surface area contributed by atoms with Crippen molar-refractivity contribution in [3.05, 3.63) is 18.7 Å². The van der Waals surface area contributed by atoms with Gasteiger partial charge in [0.05, 0.1) is 6.33 Å². The van der Waals surface area contributed by atoms with Crippen LogP contribution in [0.4, 0.5) is 0 Å². The van der Waals surface area contributed by atoms with Gasteiger partial charge in [-0.05, 0) is 43.6 Å². The Bertz CT molecular complexity index is 332. The van der Waals surface area contributed by atoms with E-state index in [9.17, 15) is 0 Å². The Hall–Kier alpha value is -0.480. The molecule has 1 aromatic heterocycles. The quantitative estimate of drug-likeness (QED) is 0.895. The van der Waals surface area contributed by atoms with E-state index in [1.54, 1.807) is 0 Å². The number of rotatable bonds is 3. The fraction of sp³-hybridized carbons (Fsp3) is 0.769. The van der Waals surface area contributed by atoms with E-state index in [2.05, 4.69) is 32.8 Å². The minimum Gasteiger partial charge on any atom is -0.333 e. The monoisotopic (exact) mass is 251 g/mol. The Morgan fingerprint density at radius 2 is 2.06 bits per heavy atom. The van der Waals surface area contributed by atoms with Crippen LogP contribution in [0, 0.1) is 0 Å². The van der Waals surface area contributed by atoms with Gasteiger partial charge in [0, 0.05) is 30.5 Å². The van der Waals surface area contributed by atoms with Crippen molar-refractivity contribution in [2.24, 2.45) is 0 Å². The van der Waals surface area contributed by atoms with E-state index in [0.29, 0.717) is 12.1 Å². The van der Waals surface area contributed by atoms with Crippen LogP contribution in [0.1, 0.15) is 38.1 Å². The van der Waals surface area contributed by atoms with E-state index in [0.717, 1.165) is 6.04 Å². The van der Waals surface area contributed by atoms with Crippen LogP contribution in [0.25, 0.3) is 0 Å². The lowest BCUT2D eigenvalue weighted by Crippen LogP contribution is -2.42. The Labute approximate surface area is 107 Å². The van der Waals surface area contributed by atoms with Gasteiger partial charge in [-0.15, -0.1) is 0 Å². The summed E-state index contributed by atoms with van der Waals surface area (Å²) in [5.74, 6) is 2.67. The maximum Gasteiger partial charge on any atom is 0.0949 e. The molecule has 94 valence electrons. The summed E-state index contributed by atoms with van der Waals surface area (Å²) in [6, 6.07) is 2.05. The molecule has 4 heteroatoms. The van der Waals surface area contributed by atoms with Crippen molar-refractivity contribution < 1.29 is 0 Å². The van der Waals surface area contributed by atoms with Crippen LogP contribution >= 0.6 is 11.8 Å². The second kappa shape index (κ2) is 5.44. The van der Waals surface area contributed by atoms with Crippen LogP contribution in [0.2, 0.25) is 0 Å². The van der Waals surface area contributed by atoms with Crippen molar-refractivity contribution in [2.45, 2.75) is 50.2 Å². The van der Waals surface area contributed by atoms with Crippen molar-refractivity contribution >= 4 is 11.8 Å². The third-order valence-electron chi connectivity index (χ3n) is 4.06. The van der Waals surface area contributed by atoms with Gasteiger partial charge in [-0.3, -0.25) is 0 Å². The average molecular weight is 251 g/mol. The number of hydrogen-bond acceptors (Lipinski definition) is 3. The molecule has 0 spiro atoms. The number of aromatic nitrogens is 2. The Morgan fingerprint density at radius 1 is 1.18 bits per heavy atom. The normalized spacial score (nSPS) is 30.8. The summed E-state index contributed by atoms with van der Waals surface area (Å²) >= 11 is 2.10. The highest BCUT2D eigenvalue weighted by atomic mass is 32.2. The van der Waals surface area contributed by atoms with Gasteiger partial charge >= 0.3 is 0 Å². The minimum atomic E-state index is 0.632. The predicted octanol–water partition coefficient (Wildman–Crippen LogP) is 2.46. The maximum absolute atomic E-state index is 4.18. The van der Waals surface area contributed by atoms with Crippen LogP contribution in [0.3, 0.4) is 0 Å². The molecule has 0 radical (unpaired) electrons. The molecule has 1 saturated carbocycles. The van der Waals surface area contributed by atoms with E-state index in [-0.39, 0.29) is 0 Å². The molecule has 0 amide bonds. The average Bonchev–Trinajstić information content (AvgIpc) is 3.00. The molecular weight excluding hydrogens is 230 g/mol. The lowest BCUT2D eigenvalue weighted by Gasteiger charge is -2.30. The molecule has 3 nitrogen and oxygen atoms in total. The summed E-state index contributed by atoms with van der Waals surface area (Å²) in [6.45, 7) is 0. The van der Waals surface area contributed by atoms with Crippen LogP contribution in [-0.4, -0.2) is 33.1 Å². The first-order valence-electron chi connectivity index (χ1n) is 6.75. The van der Waals surface area contributed by atoms with E-state index >= 15 is 0 Å². The van der Waals surface area contributed by atoms with Gasteiger partial charge in [0.1, 0.15) is 0 Å². The van der Waals surface area contributed by atoms with Crippen molar-refractivity contribution in [3.8, 4) is 0 Å². The lowest BCUT2D eigenvalue weighted by molar-refractivity contribution is 0.339. The summed E-state index contributed by atoms with van der Waals surface area (Å²) in [4.78, 5) is 4.18. The summed E-state index contributed by atoms with van der Waals surface area (Å²) in [6.07, 6.45) is 12.6. The third kappa shape index (κ3) is 2.68. The highest BCUT2D eigenvalue weighted by Crippen LogP contribution is 2.31. The van der Waals surface area contributed by atoms with Gasteiger partial charge in [-0.25, -0.2) is 4.98 Å². The van der Waals surface area contributed by atoms with Gasteiger partial charge in [0.2, 0.25) is 0 Å². The van der Waals surface area contributed by atoms with Gasteiger partial charge in [0.25, 0.3) is 0 Å². The molecule has 3 rings (SSSR count). The Morgan fingerprint density at radius 3 is 2.82 bits per heavy atom. The standard InChI is InChI=1S/C13H21N3S/c1-2-12(15-11-4-8-17-9-5-11)13(3-1)16-7-6-14-10-16/h6-7,10-13,15H,1-5,8-9H2. The number of nitrogens with one attached hydrogen (secondary N) is 1. The molecule has 2 unspecified atom stereocenters.